The number of rotatable bonds is 4. The molecule has 1 aliphatic heterocycles. The molecule has 0 spiro atoms. The lowest BCUT2D eigenvalue weighted by Crippen LogP contribution is -2.37. The maximum Gasteiger partial charge on any atom is 0.240 e. The number of carbonyl (C=O) groups is 1. The average molecular weight is 268 g/mol. The molecule has 1 heterocycles. The number of benzene rings is 2. The highest BCUT2D eigenvalue weighted by Crippen LogP contribution is 2.22. The zero-order valence-corrected chi connectivity index (χ0v) is 11.8. The molecule has 0 radical (unpaired) electrons. The van der Waals surface area contributed by atoms with Gasteiger partial charge in [-0.3, -0.25) is 4.79 Å². The zero-order chi connectivity index (χ0) is 13.9. The summed E-state index contributed by atoms with van der Waals surface area (Å²) in [6, 6.07) is 14.7. The lowest BCUT2D eigenvalue weighted by atomic mass is 10.0. The molecule has 2 aromatic rings. The number of nitrogens with one attached hydrogen (secondary N) is 1. The molecule has 0 aliphatic carbocycles. The van der Waals surface area contributed by atoms with Crippen molar-refractivity contribution in [1.82, 2.24) is 10.2 Å². The molecule has 3 rings (SSSR count). The van der Waals surface area contributed by atoms with Crippen LogP contribution in [0.15, 0.2) is 42.5 Å². The third kappa shape index (κ3) is 2.41. The fourth-order valence-corrected chi connectivity index (χ4v) is 2.97. The number of amides is 1. The van der Waals surface area contributed by atoms with Crippen LogP contribution in [0.5, 0.6) is 0 Å². The van der Waals surface area contributed by atoms with E-state index in [0.717, 1.165) is 19.5 Å². The van der Waals surface area contributed by atoms with Gasteiger partial charge in [-0.15, -0.1) is 0 Å². The fourth-order valence-electron chi connectivity index (χ4n) is 2.97. The maximum atomic E-state index is 12.3. The monoisotopic (exact) mass is 268 g/mol. The predicted octanol–water partition coefficient (Wildman–Crippen LogP) is 2.55. The molecular formula is C17H20N2O. The minimum absolute atomic E-state index is 0.00924. The molecule has 1 atom stereocenters. The van der Waals surface area contributed by atoms with E-state index in [9.17, 15) is 4.79 Å². The Hall–Kier alpha value is -1.87. The van der Waals surface area contributed by atoms with Crippen LogP contribution in [0.1, 0.15) is 18.9 Å². The first-order chi connectivity index (χ1) is 9.79. The standard InChI is InChI=1S/C17H20N2O/c1-2-18-16-10-11-19(17(16)20)12-14-8-5-7-13-6-3-4-9-15(13)14/h3-9,16,18H,2,10-12H2,1H3. The van der Waals surface area contributed by atoms with Crippen LogP contribution < -0.4 is 5.32 Å². The SMILES string of the molecule is CCNC1CCN(Cc2cccc3ccccc23)C1=O. The Kier molecular flexibility index (Phi) is 3.70. The minimum Gasteiger partial charge on any atom is -0.337 e. The average Bonchev–Trinajstić information content (AvgIpc) is 2.81. The van der Waals surface area contributed by atoms with Crippen LogP contribution in [0.2, 0.25) is 0 Å². The fraction of sp³-hybridized carbons (Fsp3) is 0.353. The van der Waals surface area contributed by atoms with Gasteiger partial charge in [0.15, 0.2) is 0 Å². The van der Waals surface area contributed by atoms with Crippen molar-refractivity contribution in [3.63, 3.8) is 0 Å². The highest BCUT2D eigenvalue weighted by Gasteiger charge is 2.30. The third-order valence-electron chi connectivity index (χ3n) is 3.99. The molecule has 2 aromatic carbocycles. The van der Waals surface area contributed by atoms with Gasteiger partial charge in [-0.2, -0.15) is 0 Å². The van der Waals surface area contributed by atoms with Crippen molar-refractivity contribution in [2.75, 3.05) is 13.1 Å². The summed E-state index contributed by atoms with van der Waals surface area (Å²) >= 11 is 0. The van der Waals surface area contributed by atoms with Crippen molar-refractivity contribution in [3.05, 3.63) is 48.0 Å². The van der Waals surface area contributed by atoms with E-state index in [4.69, 9.17) is 0 Å². The second-order valence-electron chi connectivity index (χ2n) is 5.30. The number of nitrogens with zero attached hydrogens (tertiary/aromatic N) is 1. The lowest BCUT2D eigenvalue weighted by molar-refractivity contribution is -0.129. The highest BCUT2D eigenvalue weighted by atomic mass is 16.2. The van der Waals surface area contributed by atoms with Crippen molar-refractivity contribution in [1.29, 1.82) is 0 Å². The van der Waals surface area contributed by atoms with E-state index in [1.54, 1.807) is 0 Å². The van der Waals surface area contributed by atoms with Gasteiger partial charge in [-0.1, -0.05) is 49.4 Å². The number of likely N-dealkylation sites (tertiary alicyclic amines) is 1. The summed E-state index contributed by atoms with van der Waals surface area (Å²) in [4.78, 5) is 14.3. The topological polar surface area (TPSA) is 32.3 Å². The van der Waals surface area contributed by atoms with Gasteiger partial charge < -0.3 is 10.2 Å². The summed E-state index contributed by atoms with van der Waals surface area (Å²) in [5, 5.41) is 5.74. The maximum absolute atomic E-state index is 12.3. The lowest BCUT2D eigenvalue weighted by Gasteiger charge is -2.18. The molecule has 1 fully saturated rings. The van der Waals surface area contributed by atoms with Gasteiger partial charge in [0, 0.05) is 13.1 Å². The Balaban J connectivity index is 1.82. The molecule has 1 aliphatic rings. The number of hydrogen-bond acceptors (Lipinski definition) is 2. The van der Waals surface area contributed by atoms with E-state index in [1.807, 2.05) is 17.9 Å². The predicted molar refractivity (Wildman–Crippen MR) is 81.4 cm³/mol. The number of carbonyl (C=O) groups excluding carboxylic acids is 1. The summed E-state index contributed by atoms with van der Waals surface area (Å²) in [7, 11) is 0. The Morgan fingerprint density at radius 2 is 2.00 bits per heavy atom. The number of fused-ring (bicyclic) bond motifs is 1. The Labute approximate surface area is 119 Å². The van der Waals surface area contributed by atoms with Crippen LogP contribution in [0.25, 0.3) is 10.8 Å². The summed E-state index contributed by atoms with van der Waals surface area (Å²) in [6.07, 6.45) is 0.914. The Morgan fingerprint density at radius 1 is 1.20 bits per heavy atom. The molecule has 1 unspecified atom stereocenters. The van der Waals surface area contributed by atoms with Crippen LogP contribution in [0.3, 0.4) is 0 Å². The van der Waals surface area contributed by atoms with Gasteiger partial charge in [0.1, 0.15) is 0 Å². The van der Waals surface area contributed by atoms with Gasteiger partial charge in [0.2, 0.25) is 5.91 Å². The Bertz CT molecular complexity index is 618. The molecule has 1 saturated heterocycles. The second-order valence-corrected chi connectivity index (χ2v) is 5.30. The zero-order valence-electron chi connectivity index (χ0n) is 11.8. The molecule has 3 heteroatoms. The van der Waals surface area contributed by atoms with E-state index in [1.165, 1.54) is 16.3 Å². The van der Waals surface area contributed by atoms with Crippen molar-refractivity contribution < 1.29 is 4.79 Å². The minimum atomic E-state index is 0.00924. The second kappa shape index (κ2) is 5.63. The first-order valence-corrected chi connectivity index (χ1v) is 7.28. The van der Waals surface area contributed by atoms with E-state index in [0.29, 0.717) is 6.54 Å². The first-order valence-electron chi connectivity index (χ1n) is 7.28. The first kappa shape index (κ1) is 13.1. The largest absolute Gasteiger partial charge is 0.337 e. The number of likely N-dealkylation sites (N-methyl/N-ethyl adjacent to an activating group) is 1. The van der Waals surface area contributed by atoms with E-state index in [2.05, 4.69) is 41.7 Å². The van der Waals surface area contributed by atoms with Crippen molar-refractivity contribution in [2.45, 2.75) is 25.9 Å². The van der Waals surface area contributed by atoms with Crippen LogP contribution >= 0.6 is 0 Å². The normalized spacial score (nSPS) is 18.9. The highest BCUT2D eigenvalue weighted by molar-refractivity contribution is 5.87. The molecule has 3 nitrogen and oxygen atoms in total. The molecule has 0 saturated carbocycles. The summed E-state index contributed by atoms with van der Waals surface area (Å²) in [5.41, 5.74) is 1.23. The van der Waals surface area contributed by atoms with Crippen LogP contribution in [0, 0.1) is 0 Å². The van der Waals surface area contributed by atoms with E-state index < -0.39 is 0 Å². The van der Waals surface area contributed by atoms with Crippen molar-refractivity contribution >= 4 is 16.7 Å². The van der Waals surface area contributed by atoms with E-state index >= 15 is 0 Å². The van der Waals surface area contributed by atoms with Gasteiger partial charge >= 0.3 is 0 Å². The van der Waals surface area contributed by atoms with Crippen molar-refractivity contribution in [3.8, 4) is 0 Å². The van der Waals surface area contributed by atoms with Crippen LogP contribution in [0.4, 0.5) is 0 Å². The van der Waals surface area contributed by atoms with Gasteiger partial charge in [0.25, 0.3) is 0 Å². The van der Waals surface area contributed by atoms with Crippen LogP contribution in [-0.4, -0.2) is 29.9 Å². The van der Waals surface area contributed by atoms with Gasteiger partial charge in [0.05, 0.1) is 6.04 Å². The summed E-state index contributed by atoms with van der Waals surface area (Å²) in [5.74, 6) is 0.236. The summed E-state index contributed by atoms with van der Waals surface area (Å²) in [6.45, 7) is 4.45. The molecule has 1 amide bonds. The van der Waals surface area contributed by atoms with E-state index in [-0.39, 0.29) is 11.9 Å². The molecule has 20 heavy (non-hydrogen) atoms. The smallest absolute Gasteiger partial charge is 0.240 e. The Morgan fingerprint density at radius 3 is 2.85 bits per heavy atom. The van der Waals surface area contributed by atoms with Gasteiger partial charge in [-0.05, 0) is 29.3 Å². The molecule has 0 bridgehead atoms. The molecule has 0 aromatic heterocycles. The molecular weight excluding hydrogens is 248 g/mol. The molecule has 104 valence electrons. The third-order valence-corrected chi connectivity index (χ3v) is 3.99. The van der Waals surface area contributed by atoms with Gasteiger partial charge in [-0.25, -0.2) is 0 Å². The quantitative estimate of drug-likeness (QED) is 0.924. The number of hydrogen-bond donors (Lipinski definition) is 1. The van der Waals surface area contributed by atoms with Crippen LogP contribution in [-0.2, 0) is 11.3 Å². The molecule has 1 N–H and O–H groups in total. The van der Waals surface area contributed by atoms with Crippen molar-refractivity contribution in [2.24, 2.45) is 0 Å². The summed E-state index contributed by atoms with van der Waals surface area (Å²) < 4.78 is 0.